The van der Waals surface area contributed by atoms with Gasteiger partial charge in [-0.2, -0.15) is 0 Å². The molecule has 2 heterocycles. The quantitative estimate of drug-likeness (QED) is 0.747. The van der Waals surface area contributed by atoms with Gasteiger partial charge in [0.25, 0.3) is 0 Å². The molecule has 1 aliphatic heterocycles. The number of carbonyl (C=O) groups is 1. The van der Waals surface area contributed by atoms with Gasteiger partial charge in [0.15, 0.2) is 5.82 Å². The maximum Gasteiger partial charge on any atom is 0.229 e. The molecule has 1 aliphatic rings. The zero-order valence-corrected chi connectivity index (χ0v) is 10.6. The lowest BCUT2D eigenvalue weighted by Gasteiger charge is -2.15. The van der Waals surface area contributed by atoms with Crippen LogP contribution in [0.4, 0.5) is 5.82 Å². The topological polar surface area (TPSA) is 46.1 Å². The van der Waals surface area contributed by atoms with Gasteiger partial charge in [-0.05, 0) is 15.9 Å². The van der Waals surface area contributed by atoms with Crippen molar-refractivity contribution in [3.05, 3.63) is 16.0 Å². The maximum absolute atomic E-state index is 11.6. The van der Waals surface area contributed by atoms with Gasteiger partial charge in [0.05, 0.1) is 11.6 Å². The molecule has 1 atom stereocenters. The molecule has 0 bridgehead atoms. The Hall–Kier alpha value is -0.390. The summed E-state index contributed by atoms with van der Waals surface area (Å²) in [6.07, 6.45) is 1.73. The van der Waals surface area contributed by atoms with E-state index >= 15 is 0 Å². The maximum atomic E-state index is 11.6. The Balaban J connectivity index is 2.37. The molecule has 4 nitrogen and oxygen atoms in total. The minimum absolute atomic E-state index is 0.0627. The molecule has 7 heteroatoms. The second kappa shape index (κ2) is 4.23. The molecule has 1 unspecified atom stereocenters. The number of hydrogen-bond acceptors (Lipinski definition) is 3. The third-order valence-corrected chi connectivity index (χ3v) is 3.05. The minimum Gasteiger partial charge on any atom is -0.293 e. The third-order valence-electron chi connectivity index (χ3n) is 2.02. The number of amides is 1. The lowest BCUT2D eigenvalue weighted by Crippen LogP contribution is -2.26. The molecule has 1 aromatic heterocycles. The number of alkyl halides is 1. The Labute approximate surface area is 105 Å². The Bertz CT molecular complexity index is 415. The van der Waals surface area contributed by atoms with Gasteiger partial charge in [0.1, 0.15) is 9.76 Å². The molecule has 0 radical (unpaired) electrons. The third kappa shape index (κ3) is 2.24. The standard InChI is InChI=1S/C8H6BrCl2N3O/c9-7-8(13-5(11)2-12-7)14-3-4(10)1-6(14)15/h2,4H,1,3H2. The molecule has 0 aromatic carbocycles. The SMILES string of the molecule is O=C1CC(Cl)CN1c1nc(Cl)cnc1Br. The number of halogens is 3. The number of aromatic nitrogens is 2. The van der Waals surface area contributed by atoms with Gasteiger partial charge in [-0.15, -0.1) is 11.6 Å². The van der Waals surface area contributed by atoms with E-state index in [0.717, 1.165) is 0 Å². The van der Waals surface area contributed by atoms with E-state index in [-0.39, 0.29) is 16.4 Å². The number of anilines is 1. The molecule has 0 spiro atoms. The molecule has 80 valence electrons. The van der Waals surface area contributed by atoms with Crippen molar-refractivity contribution in [1.82, 2.24) is 9.97 Å². The first-order valence-electron chi connectivity index (χ1n) is 4.20. The zero-order chi connectivity index (χ0) is 11.0. The summed E-state index contributed by atoms with van der Waals surface area (Å²) in [5, 5.41) is 0.0733. The normalized spacial score (nSPS) is 21.1. The van der Waals surface area contributed by atoms with Gasteiger partial charge in [0, 0.05) is 13.0 Å². The average molecular weight is 311 g/mol. The van der Waals surface area contributed by atoms with Crippen LogP contribution in [0.5, 0.6) is 0 Å². The number of hydrogen-bond donors (Lipinski definition) is 0. The molecule has 2 rings (SSSR count). The second-order valence-corrected chi connectivity index (χ2v) is 4.87. The van der Waals surface area contributed by atoms with Crippen LogP contribution in [0, 0.1) is 0 Å². The summed E-state index contributed by atoms with van der Waals surface area (Å²) in [7, 11) is 0. The lowest BCUT2D eigenvalue weighted by atomic mass is 10.4. The van der Waals surface area contributed by atoms with Crippen molar-refractivity contribution in [3.63, 3.8) is 0 Å². The molecule has 0 saturated carbocycles. The van der Waals surface area contributed by atoms with Gasteiger partial charge in [0.2, 0.25) is 5.91 Å². The molecule has 15 heavy (non-hydrogen) atoms. The van der Waals surface area contributed by atoms with Crippen LogP contribution in [-0.4, -0.2) is 27.8 Å². The van der Waals surface area contributed by atoms with Crippen molar-refractivity contribution >= 4 is 50.9 Å². The highest BCUT2D eigenvalue weighted by atomic mass is 79.9. The molecule has 0 aliphatic carbocycles. The number of rotatable bonds is 1. The van der Waals surface area contributed by atoms with Crippen molar-refractivity contribution in [3.8, 4) is 0 Å². The monoisotopic (exact) mass is 309 g/mol. The molecule has 1 fully saturated rings. The van der Waals surface area contributed by atoms with E-state index in [1.165, 1.54) is 11.1 Å². The van der Waals surface area contributed by atoms with Crippen molar-refractivity contribution in [2.24, 2.45) is 0 Å². The van der Waals surface area contributed by atoms with Gasteiger partial charge >= 0.3 is 0 Å². The van der Waals surface area contributed by atoms with E-state index in [0.29, 0.717) is 23.4 Å². The van der Waals surface area contributed by atoms with Crippen LogP contribution in [0.2, 0.25) is 5.15 Å². The smallest absolute Gasteiger partial charge is 0.229 e. The zero-order valence-electron chi connectivity index (χ0n) is 7.45. The van der Waals surface area contributed by atoms with E-state index in [2.05, 4.69) is 25.9 Å². The van der Waals surface area contributed by atoms with Crippen LogP contribution in [0.1, 0.15) is 6.42 Å². The Morgan fingerprint density at radius 2 is 2.33 bits per heavy atom. The molecular weight excluding hydrogens is 305 g/mol. The van der Waals surface area contributed by atoms with Crippen molar-refractivity contribution in [2.75, 3.05) is 11.4 Å². The average Bonchev–Trinajstić information content (AvgIpc) is 2.50. The summed E-state index contributed by atoms with van der Waals surface area (Å²) >= 11 is 14.8. The van der Waals surface area contributed by atoms with E-state index < -0.39 is 0 Å². The first kappa shape index (κ1) is 11.1. The second-order valence-electron chi connectivity index (χ2n) is 3.11. The van der Waals surface area contributed by atoms with Crippen LogP contribution in [0.15, 0.2) is 10.8 Å². The van der Waals surface area contributed by atoms with Crippen LogP contribution in [0.25, 0.3) is 0 Å². The molecule has 0 N–H and O–H groups in total. The fourth-order valence-corrected chi connectivity index (χ4v) is 2.19. The summed E-state index contributed by atoms with van der Waals surface area (Å²) in [5.41, 5.74) is 0. The Morgan fingerprint density at radius 3 is 2.93 bits per heavy atom. The van der Waals surface area contributed by atoms with Crippen LogP contribution >= 0.6 is 39.1 Å². The lowest BCUT2D eigenvalue weighted by molar-refractivity contribution is -0.117. The van der Waals surface area contributed by atoms with Gasteiger partial charge in [-0.25, -0.2) is 9.97 Å². The van der Waals surface area contributed by atoms with E-state index in [1.807, 2.05) is 0 Å². The summed E-state index contributed by atoms with van der Waals surface area (Å²) < 4.78 is 0.492. The highest BCUT2D eigenvalue weighted by Crippen LogP contribution is 2.28. The summed E-state index contributed by atoms with van der Waals surface area (Å²) in [6, 6.07) is 0. The molecule has 1 saturated heterocycles. The van der Waals surface area contributed by atoms with Crippen LogP contribution in [-0.2, 0) is 4.79 Å². The van der Waals surface area contributed by atoms with Crippen molar-refractivity contribution in [1.29, 1.82) is 0 Å². The van der Waals surface area contributed by atoms with Gasteiger partial charge in [-0.1, -0.05) is 11.6 Å². The van der Waals surface area contributed by atoms with Crippen molar-refractivity contribution < 1.29 is 4.79 Å². The minimum atomic E-state index is -0.176. The highest BCUT2D eigenvalue weighted by molar-refractivity contribution is 9.10. The van der Waals surface area contributed by atoms with E-state index in [1.54, 1.807) is 0 Å². The fourth-order valence-electron chi connectivity index (χ4n) is 1.38. The first-order chi connectivity index (χ1) is 7.08. The largest absolute Gasteiger partial charge is 0.293 e. The molecule has 1 amide bonds. The molecule has 1 aromatic rings. The number of nitrogens with zero attached hydrogens (tertiary/aromatic N) is 3. The van der Waals surface area contributed by atoms with Gasteiger partial charge in [-0.3, -0.25) is 9.69 Å². The fraction of sp³-hybridized carbons (Fsp3) is 0.375. The summed E-state index contributed by atoms with van der Waals surface area (Å²) in [5.74, 6) is 0.364. The predicted octanol–water partition coefficient (Wildman–Crippen LogP) is 2.24. The Morgan fingerprint density at radius 1 is 1.60 bits per heavy atom. The van der Waals surface area contributed by atoms with Crippen molar-refractivity contribution in [2.45, 2.75) is 11.8 Å². The van der Waals surface area contributed by atoms with E-state index in [9.17, 15) is 4.79 Å². The summed E-state index contributed by atoms with van der Waals surface area (Å²) in [4.78, 5) is 21.1. The molecular formula is C8H6BrCl2N3O. The predicted molar refractivity (Wildman–Crippen MR) is 61.4 cm³/mol. The summed E-state index contributed by atoms with van der Waals surface area (Å²) in [6.45, 7) is 0.439. The Kier molecular flexibility index (Phi) is 3.13. The van der Waals surface area contributed by atoms with Gasteiger partial charge < -0.3 is 0 Å². The van der Waals surface area contributed by atoms with Crippen LogP contribution < -0.4 is 4.90 Å². The highest BCUT2D eigenvalue weighted by Gasteiger charge is 2.31. The number of carbonyl (C=O) groups excluding carboxylic acids is 1. The van der Waals surface area contributed by atoms with Crippen LogP contribution in [0.3, 0.4) is 0 Å². The van der Waals surface area contributed by atoms with E-state index in [4.69, 9.17) is 23.2 Å². The first-order valence-corrected chi connectivity index (χ1v) is 5.81.